The van der Waals surface area contributed by atoms with Crippen LogP contribution in [-0.4, -0.2) is 34.4 Å². The second-order valence-electron chi connectivity index (χ2n) is 5.54. The summed E-state index contributed by atoms with van der Waals surface area (Å²) >= 11 is 0. The normalized spacial score (nSPS) is 11.4. The Bertz CT molecular complexity index is 284. The van der Waals surface area contributed by atoms with E-state index in [0.717, 1.165) is 63.8 Å². The van der Waals surface area contributed by atoms with E-state index in [4.69, 9.17) is 13.6 Å². The van der Waals surface area contributed by atoms with E-state index in [1.807, 2.05) is 0 Å². The number of rotatable bonds is 15. The summed E-state index contributed by atoms with van der Waals surface area (Å²) in [6.45, 7) is 11.9. The van der Waals surface area contributed by atoms with Gasteiger partial charge in [0.1, 0.15) is 0 Å². The van der Waals surface area contributed by atoms with Gasteiger partial charge in [-0.05, 0) is 31.4 Å². The molecule has 4 nitrogen and oxygen atoms in total. The molecule has 0 aromatic carbocycles. The molecule has 0 atom stereocenters. The van der Waals surface area contributed by atoms with Crippen molar-refractivity contribution in [3.05, 3.63) is 12.7 Å². The molecule has 130 valence electrons. The molecule has 0 aliphatic heterocycles. The molecule has 0 aromatic rings. The monoisotopic (exact) mass is 330 g/mol. The minimum Gasteiger partial charge on any atom is -0.463 e. The Kier molecular flexibility index (Phi) is 13.6. The van der Waals surface area contributed by atoms with Crippen LogP contribution in [0.1, 0.15) is 59.3 Å². The third kappa shape index (κ3) is 10.1. The van der Waals surface area contributed by atoms with Crippen molar-refractivity contribution in [1.29, 1.82) is 0 Å². The van der Waals surface area contributed by atoms with E-state index in [1.165, 1.54) is 6.08 Å². The summed E-state index contributed by atoms with van der Waals surface area (Å²) in [5, 5.41) is 0. The molecule has 0 saturated heterocycles. The van der Waals surface area contributed by atoms with Crippen molar-refractivity contribution in [3.8, 4) is 0 Å². The molecule has 0 unspecified atom stereocenters. The highest BCUT2D eigenvalue weighted by Crippen LogP contribution is 2.24. The molecule has 0 spiro atoms. The number of hydrogen-bond donors (Lipinski definition) is 0. The number of carbonyl (C=O) groups is 1. The zero-order chi connectivity index (χ0) is 16.7. The smallest absolute Gasteiger partial charge is 0.338 e. The van der Waals surface area contributed by atoms with Crippen LogP contribution in [0.3, 0.4) is 0 Å². The molecule has 0 fully saturated rings. The lowest BCUT2D eigenvalue weighted by Crippen LogP contribution is -2.43. The van der Waals surface area contributed by atoms with Gasteiger partial charge in [0.15, 0.2) is 0 Å². The molecule has 0 aliphatic rings. The van der Waals surface area contributed by atoms with Gasteiger partial charge in [-0.1, -0.05) is 46.6 Å². The fraction of sp³-hybridized carbons (Fsp3) is 0.824. The van der Waals surface area contributed by atoms with Gasteiger partial charge in [-0.25, -0.2) is 4.79 Å². The van der Waals surface area contributed by atoms with Crippen LogP contribution in [0.25, 0.3) is 0 Å². The summed E-state index contributed by atoms with van der Waals surface area (Å²) < 4.78 is 17.6. The van der Waals surface area contributed by atoms with E-state index in [0.29, 0.717) is 6.61 Å². The summed E-state index contributed by atoms with van der Waals surface area (Å²) in [6, 6.07) is 1.90. The molecular weight excluding hydrogens is 296 g/mol. The highest BCUT2D eigenvalue weighted by atomic mass is 28.4. The summed E-state index contributed by atoms with van der Waals surface area (Å²) in [6.07, 6.45) is 7.46. The lowest BCUT2D eigenvalue weighted by Gasteiger charge is -2.31. The van der Waals surface area contributed by atoms with Crippen molar-refractivity contribution in [2.45, 2.75) is 71.4 Å². The Morgan fingerprint density at radius 1 is 0.909 bits per heavy atom. The molecule has 0 saturated carbocycles. The first kappa shape index (κ1) is 21.3. The molecule has 0 aliphatic carbocycles. The molecular formula is C17H34O4Si. The van der Waals surface area contributed by atoms with Gasteiger partial charge in [0.05, 0.1) is 6.61 Å². The van der Waals surface area contributed by atoms with Gasteiger partial charge in [0, 0.05) is 19.3 Å². The molecule has 0 radical (unpaired) electrons. The lowest BCUT2D eigenvalue weighted by atomic mass is 10.4. The third-order valence-electron chi connectivity index (χ3n) is 3.47. The van der Waals surface area contributed by atoms with E-state index >= 15 is 0 Å². The largest absolute Gasteiger partial charge is 0.463 e. The first-order valence-corrected chi connectivity index (χ1v) is 10.9. The fourth-order valence-corrected chi connectivity index (χ4v) is 5.60. The third-order valence-corrected chi connectivity index (χ3v) is 7.31. The first-order valence-electron chi connectivity index (χ1n) is 8.71. The minimum absolute atomic E-state index is 0.360. The molecule has 22 heavy (non-hydrogen) atoms. The second kappa shape index (κ2) is 14.0. The molecule has 0 heterocycles. The lowest BCUT2D eigenvalue weighted by molar-refractivity contribution is -0.137. The summed E-state index contributed by atoms with van der Waals surface area (Å²) in [4.78, 5) is 11.1. The highest BCUT2D eigenvalue weighted by Gasteiger charge is 2.36. The summed E-state index contributed by atoms with van der Waals surface area (Å²) in [7, 11) is -2.17. The number of unbranched alkanes of at least 4 members (excludes halogenated alkanes) is 2. The van der Waals surface area contributed by atoms with E-state index in [-0.39, 0.29) is 5.97 Å². The number of carbonyl (C=O) groups excluding carboxylic acids is 1. The van der Waals surface area contributed by atoms with Crippen LogP contribution in [0.15, 0.2) is 12.7 Å². The Morgan fingerprint density at radius 3 is 1.95 bits per heavy atom. The number of ether oxygens (including phenoxy) is 1. The maximum atomic E-state index is 11.1. The average molecular weight is 331 g/mol. The molecule has 5 heteroatoms. The SMILES string of the molecule is C=CC(=O)OCCC[Si](CCC)(OCCCC)OCCCC. The van der Waals surface area contributed by atoms with Crippen LogP contribution in [-0.2, 0) is 18.4 Å². The van der Waals surface area contributed by atoms with Gasteiger partial charge in [0.2, 0.25) is 0 Å². The topological polar surface area (TPSA) is 44.8 Å². The van der Waals surface area contributed by atoms with Gasteiger partial charge in [-0.15, -0.1) is 0 Å². The molecule has 0 amide bonds. The van der Waals surface area contributed by atoms with Crippen molar-refractivity contribution in [1.82, 2.24) is 0 Å². The molecule has 0 bridgehead atoms. The number of esters is 1. The van der Waals surface area contributed by atoms with E-state index in [2.05, 4.69) is 27.4 Å². The first-order chi connectivity index (χ1) is 10.6. The maximum absolute atomic E-state index is 11.1. The van der Waals surface area contributed by atoms with Crippen molar-refractivity contribution in [2.24, 2.45) is 0 Å². The fourth-order valence-electron chi connectivity index (χ4n) is 2.21. The van der Waals surface area contributed by atoms with Crippen LogP contribution < -0.4 is 0 Å². The van der Waals surface area contributed by atoms with Crippen LogP contribution in [0.4, 0.5) is 0 Å². The summed E-state index contributed by atoms with van der Waals surface area (Å²) in [5.74, 6) is -0.360. The van der Waals surface area contributed by atoms with Gasteiger partial charge >= 0.3 is 14.5 Å². The van der Waals surface area contributed by atoms with Crippen molar-refractivity contribution in [2.75, 3.05) is 19.8 Å². The van der Waals surface area contributed by atoms with Crippen LogP contribution in [0.5, 0.6) is 0 Å². The Hall–Kier alpha value is -0.653. The predicted octanol–water partition coefficient (Wildman–Crippen LogP) is 4.59. The van der Waals surface area contributed by atoms with Crippen LogP contribution in [0.2, 0.25) is 12.1 Å². The molecule has 0 rings (SSSR count). The standard InChI is InChI=1S/C17H34O4Si/c1-5-9-13-20-22(15-7-3,21-14-10-6-2)16-11-12-19-17(18)8-4/h8H,4-7,9-16H2,1-3H3. The van der Waals surface area contributed by atoms with Crippen LogP contribution >= 0.6 is 0 Å². The quantitative estimate of drug-likeness (QED) is 0.191. The highest BCUT2D eigenvalue weighted by molar-refractivity contribution is 6.67. The molecule has 0 aromatic heterocycles. The second-order valence-corrected chi connectivity index (χ2v) is 8.94. The minimum atomic E-state index is -2.17. The van der Waals surface area contributed by atoms with Crippen molar-refractivity contribution in [3.63, 3.8) is 0 Å². The van der Waals surface area contributed by atoms with Gasteiger partial charge in [-0.2, -0.15) is 0 Å². The van der Waals surface area contributed by atoms with Gasteiger partial charge in [-0.3, -0.25) is 0 Å². The van der Waals surface area contributed by atoms with Crippen molar-refractivity contribution >= 4 is 14.5 Å². The predicted molar refractivity (Wildman–Crippen MR) is 93.2 cm³/mol. The average Bonchev–Trinajstić information content (AvgIpc) is 2.52. The summed E-state index contributed by atoms with van der Waals surface area (Å²) in [5.41, 5.74) is 0. The van der Waals surface area contributed by atoms with E-state index in [1.54, 1.807) is 0 Å². The Morgan fingerprint density at radius 2 is 1.50 bits per heavy atom. The van der Waals surface area contributed by atoms with Gasteiger partial charge < -0.3 is 13.6 Å². The zero-order valence-electron chi connectivity index (χ0n) is 14.7. The Balaban J connectivity index is 4.47. The Labute approximate surface area is 137 Å². The van der Waals surface area contributed by atoms with Gasteiger partial charge in [0.25, 0.3) is 0 Å². The number of hydrogen-bond acceptors (Lipinski definition) is 4. The van der Waals surface area contributed by atoms with E-state index < -0.39 is 8.56 Å². The molecule has 0 N–H and O–H groups in total. The zero-order valence-corrected chi connectivity index (χ0v) is 15.7. The van der Waals surface area contributed by atoms with E-state index in [9.17, 15) is 4.79 Å². The van der Waals surface area contributed by atoms with Crippen molar-refractivity contribution < 1.29 is 18.4 Å². The maximum Gasteiger partial charge on any atom is 0.338 e. The van der Waals surface area contributed by atoms with Crippen LogP contribution in [0, 0.1) is 0 Å².